The summed E-state index contributed by atoms with van der Waals surface area (Å²) < 4.78 is 0. The molecular weight excluding hydrogens is 248 g/mol. The summed E-state index contributed by atoms with van der Waals surface area (Å²) in [4.78, 5) is 22.6. The molecule has 94 valence electrons. The van der Waals surface area contributed by atoms with Gasteiger partial charge in [0.25, 0.3) is 5.56 Å². The van der Waals surface area contributed by atoms with Crippen LogP contribution in [-0.4, -0.2) is 21.5 Å². The van der Waals surface area contributed by atoms with Crippen LogP contribution in [0.4, 0.5) is 0 Å². The summed E-state index contributed by atoms with van der Waals surface area (Å²) in [5.74, 6) is 0. The van der Waals surface area contributed by atoms with E-state index < -0.39 is 0 Å². The fourth-order valence-corrected chi connectivity index (χ4v) is 2.52. The molecule has 0 aliphatic rings. The molecule has 0 bridgehead atoms. The molecule has 0 saturated carbocycles. The second kappa shape index (κ2) is 5.79. The van der Waals surface area contributed by atoms with Gasteiger partial charge in [-0.1, -0.05) is 17.8 Å². The van der Waals surface area contributed by atoms with Crippen LogP contribution in [0.15, 0.2) is 40.4 Å². The molecule has 1 atom stereocenters. The van der Waals surface area contributed by atoms with Crippen molar-refractivity contribution in [3.05, 3.63) is 52.2 Å². The number of aryl methyl sites for hydroxylation is 1. The number of thioether (sulfide) groups is 1. The van der Waals surface area contributed by atoms with Crippen LogP contribution < -0.4 is 11.3 Å². The maximum Gasteiger partial charge on any atom is 0.251 e. The number of nitrogens with one attached hydrogen (secondary N) is 1. The van der Waals surface area contributed by atoms with Crippen molar-refractivity contribution in [2.24, 2.45) is 5.73 Å². The van der Waals surface area contributed by atoms with Crippen LogP contribution in [0.25, 0.3) is 0 Å². The van der Waals surface area contributed by atoms with Gasteiger partial charge in [-0.05, 0) is 19.1 Å². The summed E-state index contributed by atoms with van der Waals surface area (Å²) in [6, 6.07) is 7.15. The largest absolute Gasteiger partial charge is 0.329 e. The summed E-state index contributed by atoms with van der Waals surface area (Å²) in [5.41, 5.74) is 7.17. The number of rotatable bonds is 4. The minimum atomic E-state index is -0.151. The van der Waals surface area contributed by atoms with Crippen molar-refractivity contribution in [1.82, 2.24) is 15.0 Å². The fraction of sp³-hybridized carbons (Fsp3) is 0.250. The smallest absolute Gasteiger partial charge is 0.251 e. The first-order valence-corrected chi connectivity index (χ1v) is 6.42. The molecule has 0 aliphatic carbocycles. The Morgan fingerprint density at radius 3 is 2.94 bits per heavy atom. The molecule has 3 N–H and O–H groups in total. The van der Waals surface area contributed by atoms with E-state index in [1.54, 1.807) is 13.1 Å². The average Bonchev–Trinajstić information content (AvgIpc) is 2.36. The normalized spacial score (nSPS) is 12.3. The topological polar surface area (TPSA) is 84.7 Å². The quantitative estimate of drug-likeness (QED) is 0.640. The zero-order valence-corrected chi connectivity index (χ0v) is 10.8. The van der Waals surface area contributed by atoms with Crippen LogP contribution in [0.5, 0.6) is 0 Å². The third kappa shape index (κ3) is 3.18. The summed E-state index contributed by atoms with van der Waals surface area (Å²) >= 11 is 1.42. The highest BCUT2D eigenvalue weighted by Gasteiger charge is 2.14. The van der Waals surface area contributed by atoms with E-state index >= 15 is 0 Å². The van der Waals surface area contributed by atoms with E-state index in [4.69, 9.17) is 5.73 Å². The Hall–Kier alpha value is -1.66. The maximum atomic E-state index is 11.4. The van der Waals surface area contributed by atoms with Gasteiger partial charge in [0.15, 0.2) is 5.16 Å². The van der Waals surface area contributed by atoms with Crippen LogP contribution in [0.1, 0.15) is 16.6 Å². The van der Waals surface area contributed by atoms with E-state index in [1.807, 2.05) is 18.2 Å². The van der Waals surface area contributed by atoms with Gasteiger partial charge in [0.1, 0.15) is 0 Å². The molecule has 2 heterocycles. The Bertz CT molecular complexity index is 570. The Morgan fingerprint density at radius 1 is 1.50 bits per heavy atom. The van der Waals surface area contributed by atoms with Crippen molar-refractivity contribution < 1.29 is 0 Å². The van der Waals surface area contributed by atoms with Crippen molar-refractivity contribution >= 4 is 11.8 Å². The number of aromatic nitrogens is 3. The van der Waals surface area contributed by atoms with E-state index in [0.717, 1.165) is 5.69 Å². The Kier molecular flexibility index (Phi) is 4.11. The number of H-pyrrole nitrogens is 1. The van der Waals surface area contributed by atoms with Crippen LogP contribution in [-0.2, 0) is 0 Å². The summed E-state index contributed by atoms with van der Waals surface area (Å²) in [6.07, 6.45) is 1.73. The van der Waals surface area contributed by atoms with Gasteiger partial charge in [-0.15, -0.1) is 0 Å². The van der Waals surface area contributed by atoms with Gasteiger partial charge in [-0.2, -0.15) is 0 Å². The van der Waals surface area contributed by atoms with E-state index in [-0.39, 0.29) is 10.8 Å². The number of hydrogen-bond acceptors (Lipinski definition) is 5. The van der Waals surface area contributed by atoms with Gasteiger partial charge in [0, 0.05) is 24.5 Å². The van der Waals surface area contributed by atoms with Crippen molar-refractivity contribution in [2.45, 2.75) is 17.3 Å². The van der Waals surface area contributed by atoms with Gasteiger partial charge < -0.3 is 10.7 Å². The molecule has 5 nitrogen and oxygen atoms in total. The monoisotopic (exact) mass is 262 g/mol. The van der Waals surface area contributed by atoms with Crippen molar-refractivity contribution in [2.75, 3.05) is 6.54 Å². The lowest BCUT2D eigenvalue weighted by Gasteiger charge is -2.12. The Labute approximate surface area is 109 Å². The van der Waals surface area contributed by atoms with Gasteiger partial charge in [0.2, 0.25) is 0 Å². The second-order valence-electron chi connectivity index (χ2n) is 3.79. The highest BCUT2D eigenvalue weighted by atomic mass is 32.2. The number of nitrogens with zero attached hydrogens (tertiary/aromatic N) is 2. The van der Waals surface area contributed by atoms with Crippen molar-refractivity contribution in [3.63, 3.8) is 0 Å². The fourth-order valence-electron chi connectivity index (χ4n) is 1.54. The number of aromatic amines is 1. The molecule has 0 spiro atoms. The maximum absolute atomic E-state index is 11.4. The van der Waals surface area contributed by atoms with E-state index in [1.165, 1.54) is 17.8 Å². The van der Waals surface area contributed by atoms with E-state index in [9.17, 15) is 4.79 Å². The number of pyridine rings is 1. The third-order valence-corrected chi connectivity index (χ3v) is 3.47. The van der Waals surface area contributed by atoms with Crippen LogP contribution in [0.2, 0.25) is 0 Å². The van der Waals surface area contributed by atoms with Crippen LogP contribution in [0.3, 0.4) is 0 Å². The molecular formula is C12H14N4OS. The predicted molar refractivity (Wildman–Crippen MR) is 71.5 cm³/mol. The molecule has 0 amide bonds. The van der Waals surface area contributed by atoms with Crippen molar-refractivity contribution in [1.29, 1.82) is 0 Å². The van der Waals surface area contributed by atoms with Gasteiger partial charge in [0.05, 0.1) is 10.9 Å². The molecule has 6 heteroatoms. The predicted octanol–water partition coefficient (Wildman–Crippen LogP) is 1.27. The lowest BCUT2D eigenvalue weighted by molar-refractivity contribution is 0.863. The average molecular weight is 262 g/mol. The van der Waals surface area contributed by atoms with E-state index in [2.05, 4.69) is 15.0 Å². The minimum Gasteiger partial charge on any atom is -0.329 e. The Balaban J connectivity index is 2.23. The standard InChI is InChI=1S/C12H14N4OS/c1-8-6-11(17)16-12(15-8)18-10(7-13)9-4-2-3-5-14-9/h2-6,10H,7,13H2,1H3,(H,15,16,17). The molecule has 0 radical (unpaired) electrons. The SMILES string of the molecule is Cc1cc(=O)[nH]c(SC(CN)c2ccccn2)n1. The highest BCUT2D eigenvalue weighted by Crippen LogP contribution is 2.30. The minimum absolute atomic E-state index is 0.0175. The lowest BCUT2D eigenvalue weighted by Crippen LogP contribution is -2.13. The van der Waals surface area contributed by atoms with Gasteiger partial charge in [-0.25, -0.2) is 4.98 Å². The molecule has 2 aromatic heterocycles. The lowest BCUT2D eigenvalue weighted by atomic mass is 10.3. The number of hydrogen-bond donors (Lipinski definition) is 2. The second-order valence-corrected chi connectivity index (χ2v) is 4.98. The first-order valence-electron chi connectivity index (χ1n) is 5.54. The summed E-state index contributed by atoms with van der Waals surface area (Å²) in [5, 5.41) is 0.553. The van der Waals surface area contributed by atoms with Crippen molar-refractivity contribution in [3.8, 4) is 0 Å². The molecule has 0 saturated heterocycles. The summed E-state index contributed by atoms with van der Waals surface area (Å²) in [6.45, 7) is 2.22. The summed E-state index contributed by atoms with van der Waals surface area (Å²) in [7, 11) is 0. The molecule has 1 unspecified atom stereocenters. The molecule has 2 rings (SSSR count). The zero-order valence-electron chi connectivity index (χ0n) is 9.96. The van der Waals surface area contributed by atoms with E-state index in [0.29, 0.717) is 17.4 Å². The molecule has 18 heavy (non-hydrogen) atoms. The first kappa shape index (κ1) is 12.8. The number of nitrogens with two attached hydrogens (primary N) is 1. The van der Waals surface area contributed by atoms with Gasteiger partial charge in [-0.3, -0.25) is 9.78 Å². The molecule has 0 fully saturated rings. The van der Waals surface area contributed by atoms with Crippen LogP contribution >= 0.6 is 11.8 Å². The van der Waals surface area contributed by atoms with Gasteiger partial charge >= 0.3 is 0 Å². The third-order valence-electron chi connectivity index (χ3n) is 2.33. The molecule has 0 aromatic carbocycles. The Morgan fingerprint density at radius 2 is 2.33 bits per heavy atom. The first-order chi connectivity index (χ1) is 8.69. The molecule has 2 aromatic rings. The molecule has 0 aliphatic heterocycles. The highest BCUT2D eigenvalue weighted by molar-refractivity contribution is 7.99. The zero-order chi connectivity index (χ0) is 13.0. The van der Waals surface area contributed by atoms with Crippen LogP contribution in [0, 0.1) is 6.92 Å².